The zero-order valence-electron chi connectivity index (χ0n) is 9.41. The number of nitriles is 1. The molecular weight excluding hydrogens is 204 g/mol. The van der Waals surface area contributed by atoms with Crippen LogP contribution in [-0.4, -0.2) is 23.7 Å². The zero-order chi connectivity index (χ0) is 11.6. The Labute approximate surface area is 95.6 Å². The fourth-order valence-corrected chi connectivity index (χ4v) is 2.57. The summed E-state index contributed by atoms with van der Waals surface area (Å²) in [6, 6.07) is 2.13. The predicted octanol–water partition coefficient (Wildman–Crippen LogP) is 0.957. The van der Waals surface area contributed by atoms with Gasteiger partial charge in [-0.2, -0.15) is 5.26 Å². The first-order valence-electron chi connectivity index (χ1n) is 6.05. The molecule has 2 fully saturated rings. The van der Waals surface area contributed by atoms with Crippen molar-refractivity contribution >= 4 is 5.91 Å². The van der Waals surface area contributed by atoms with E-state index in [4.69, 9.17) is 5.26 Å². The molecule has 0 heterocycles. The summed E-state index contributed by atoms with van der Waals surface area (Å²) in [5, 5.41) is 21.4. The summed E-state index contributed by atoms with van der Waals surface area (Å²) in [7, 11) is 0. The number of carbonyl (C=O) groups is 1. The Hall–Kier alpha value is -1.08. The summed E-state index contributed by atoms with van der Waals surface area (Å²) < 4.78 is 0. The van der Waals surface area contributed by atoms with E-state index in [1.807, 2.05) is 0 Å². The normalized spacial score (nSPS) is 31.5. The molecule has 0 aromatic carbocycles. The minimum atomic E-state index is -0.760. The molecule has 0 spiro atoms. The van der Waals surface area contributed by atoms with E-state index in [-0.39, 0.29) is 17.9 Å². The van der Waals surface area contributed by atoms with Crippen LogP contribution in [0.25, 0.3) is 0 Å². The van der Waals surface area contributed by atoms with Crippen LogP contribution in [0.5, 0.6) is 0 Å². The highest BCUT2D eigenvalue weighted by molar-refractivity contribution is 5.86. The Bertz CT molecular complexity index is 317. The number of hydrogen-bond donors (Lipinski definition) is 2. The standard InChI is InChI=1S/C12H18N2O2/c13-8-12(5-2-6-12)11(16)14-7-9-3-1-4-10(9)15/h9-10,15H,1-7H2,(H,14,16). The van der Waals surface area contributed by atoms with Crippen LogP contribution in [0.3, 0.4) is 0 Å². The van der Waals surface area contributed by atoms with E-state index >= 15 is 0 Å². The highest BCUT2D eigenvalue weighted by Gasteiger charge is 2.44. The Morgan fingerprint density at radius 1 is 1.44 bits per heavy atom. The molecule has 16 heavy (non-hydrogen) atoms. The van der Waals surface area contributed by atoms with Gasteiger partial charge in [-0.25, -0.2) is 0 Å². The molecule has 2 saturated carbocycles. The molecule has 1 amide bonds. The molecule has 0 aromatic heterocycles. The van der Waals surface area contributed by atoms with E-state index in [0.29, 0.717) is 19.4 Å². The van der Waals surface area contributed by atoms with Crippen LogP contribution < -0.4 is 5.32 Å². The van der Waals surface area contributed by atoms with Gasteiger partial charge in [0.2, 0.25) is 5.91 Å². The number of carbonyl (C=O) groups excluding carboxylic acids is 1. The average molecular weight is 222 g/mol. The van der Waals surface area contributed by atoms with Crippen molar-refractivity contribution in [1.29, 1.82) is 5.26 Å². The summed E-state index contributed by atoms with van der Waals surface area (Å²) >= 11 is 0. The van der Waals surface area contributed by atoms with Crippen molar-refractivity contribution in [2.45, 2.75) is 44.6 Å². The smallest absolute Gasteiger partial charge is 0.240 e. The molecule has 2 unspecified atom stereocenters. The van der Waals surface area contributed by atoms with Crippen molar-refractivity contribution in [1.82, 2.24) is 5.32 Å². The first-order chi connectivity index (χ1) is 7.68. The molecule has 2 N–H and O–H groups in total. The molecular formula is C12H18N2O2. The third-order valence-corrected chi connectivity index (χ3v) is 4.00. The van der Waals surface area contributed by atoms with Crippen LogP contribution in [-0.2, 0) is 4.79 Å². The van der Waals surface area contributed by atoms with Crippen molar-refractivity contribution in [2.24, 2.45) is 11.3 Å². The molecule has 4 nitrogen and oxygen atoms in total. The molecule has 2 aliphatic rings. The molecule has 2 rings (SSSR count). The summed E-state index contributed by atoms with van der Waals surface area (Å²) in [5.41, 5.74) is -0.760. The van der Waals surface area contributed by atoms with Crippen molar-refractivity contribution in [3.05, 3.63) is 0 Å². The molecule has 88 valence electrons. The van der Waals surface area contributed by atoms with Crippen LogP contribution in [0, 0.1) is 22.7 Å². The van der Waals surface area contributed by atoms with Gasteiger partial charge in [0, 0.05) is 12.5 Å². The number of rotatable bonds is 3. The highest BCUT2D eigenvalue weighted by Crippen LogP contribution is 2.40. The van der Waals surface area contributed by atoms with Gasteiger partial charge in [-0.1, -0.05) is 6.42 Å². The number of amides is 1. The van der Waals surface area contributed by atoms with E-state index in [9.17, 15) is 9.90 Å². The molecule has 0 radical (unpaired) electrons. The lowest BCUT2D eigenvalue weighted by Gasteiger charge is -2.33. The second-order valence-electron chi connectivity index (χ2n) is 5.02. The van der Waals surface area contributed by atoms with Crippen LogP contribution in [0.2, 0.25) is 0 Å². The summed E-state index contributed by atoms with van der Waals surface area (Å²) in [6.07, 6.45) is 4.90. The maximum Gasteiger partial charge on any atom is 0.240 e. The first kappa shape index (κ1) is 11.4. The molecule has 2 aliphatic carbocycles. The first-order valence-corrected chi connectivity index (χ1v) is 6.05. The Morgan fingerprint density at radius 3 is 2.62 bits per heavy atom. The van der Waals surface area contributed by atoms with Crippen LogP contribution in [0.1, 0.15) is 38.5 Å². The number of aliphatic hydroxyl groups excluding tert-OH is 1. The summed E-state index contributed by atoms with van der Waals surface area (Å²) in [5.74, 6) is 0.0418. The maximum atomic E-state index is 11.8. The SMILES string of the molecule is N#CC1(C(=O)NCC2CCCC2O)CCC1. The molecule has 2 atom stereocenters. The monoisotopic (exact) mass is 222 g/mol. The predicted molar refractivity (Wildman–Crippen MR) is 58.3 cm³/mol. The fraction of sp³-hybridized carbons (Fsp3) is 0.833. The van der Waals surface area contributed by atoms with Gasteiger partial charge in [-0.05, 0) is 32.1 Å². The molecule has 0 saturated heterocycles. The summed E-state index contributed by atoms with van der Waals surface area (Å²) in [4.78, 5) is 11.8. The summed E-state index contributed by atoms with van der Waals surface area (Å²) in [6.45, 7) is 0.517. The van der Waals surface area contributed by atoms with Crippen molar-refractivity contribution in [3.63, 3.8) is 0 Å². The quantitative estimate of drug-likeness (QED) is 0.747. The van der Waals surface area contributed by atoms with Crippen molar-refractivity contribution < 1.29 is 9.90 Å². The second kappa shape index (κ2) is 4.42. The van der Waals surface area contributed by atoms with E-state index in [1.54, 1.807) is 0 Å². The third kappa shape index (κ3) is 1.92. The third-order valence-electron chi connectivity index (χ3n) is 4.00. The van der Waals surface area contributed by atoms with Gasteiger partial charge in [0.1, 0.15) is 5.41 Å². The van der Waals surface area contributed by atoms with Gasteiger partial charge in [-0.15, -0.1) is 0 Å². The van der Waals surface area contributed by atoms with Gasteiger partial charge < -0.3 is 10.4 Å². The minimum Gasteiger partial charge on any atom is -0.393 e. The Balaban J connectivity index is 1.82. The Kier molecular flexibility index (Phi) is 3.15. The van der Waals surface area contributed by atoms with E-state index in [1.165, 1.54) is 0 Å². The number of aliphatic hydroxyl groups is 1. The topological polar surface area (TPSA) is 73.1 Å². The minimum absolute atomic E-state index is 0.139. The number of hydrogen-bond acceptors (Lipinski definition) is 3. The van der Waals surface area contributed by atoms with Gasteiger partial charge in [0.05, 0.1) is 12.2 Å². The molecule has 0 aromatic rings. The number of nitrogens with one attached hydrogen (secondary N) is 1. The van der Waals surface area contributed by atoms with Gasteiger partial charge in [0.25, 0.3) is 0 Å². The molecule has 0 aliphatic heterocycles. The number of nitrogens with zero attached hydrogens (tertiary/aromatic N) is 1. The van der Waals surface area contributed by atoms with Crippen LogP contribution in [0.4, 0.5) is 0 Å². The van der Waals surface area contributed by atoms with Gasteiger partial charge >= 0.3 is 0 Å². The largest absolute Gasteiger partial charge is 0.393 e. The molecule has 4 heteroatoms. The lowest BCUT2D eigenvalue weighted by molar-refractivity contribution is -0.132. The van der Waals surface area contributed by atoms with Crippen molar-refractivity contribution in [2.75, 3.05) is 6.54 Å². The lowest BCUT2D eigenvalue weighted by atomic mass is 9.69. The van der Waals surface area contributed by atoms with Gasteiger partial charge in [0.15, 0.2) is 0 Å². The van der Waals surface area contributed by atoms with E-state index in [2.05, 4.69) is 11.4 Å². The fourth-order valence-electron chi connectivity index (χ4n) is 2.57. The van der Waals surface area contributed by atoms with Crippen molar-refractivity contribution in [3.8, 4) is 6.07 Å². The maximum absolute atomic E-state index is 11.8. The Morgan fingerprint density at radius 2 is 2.19 bits per heavy atom. The average Bonchev–Trinajstić information content (AvgIpc) is 2.60. The van der Waals surface area contributed by atoms with Gasteiger partial charge in [-0.3, -0.25) is 4.79 Å². The van der Waals surface area contributed by atoms with E-state index in [0.717, 1.165) is 25.7 Å². The lowest BCUT2D eigenvalue weighted by Crippen LogP contribution is -2.46. The van der Waals surface area contributed by atoms with E-state index < -0.39 is 5.41 Å². The van der Waals surface area contributed by atoms with Crippen LogP contribution >= 0.6 is 0 Å². The highest BCUT2D eigenvalue weighted by atomic mass is 16.3. The second-order valence-corrected chi connectivity index (χ2v) is 5.02. The zero-order valence-corrected chi connectivity index (χ0v) is 9.41. The van der Waals surface area contributed by atoms with Crippen LogP contribution in [0.15, 0.2) is 0 Å². The molecule has 0 bridgehead atoms.